The van der Waals surface area contributed by atoms with Gasteiger partial charge in [0.05, 0.1) is 6.10 Å². The highest BCUT2D eigenvalue weighted by Gasteiger charge is 2.36. The van der Waals surface area contributed by atoms with Gasteiger partial charge in [-0.3, -0.25) is 0 Å². The number of aromatic nitrogens is 1. The largest absolute Gasteiger partial charge is 0.378 e. The zero-order valence-electron chi connectivity index (χ0n) is 15.3. The molecule has 3 fully saturated rings. The molecular weight excluding hydrogens is 352 g/mol. The Hall–Kier alpha value is -1.22. The Labute approximate surface area is 155 Å². The molecule has 8 heteroatoms. The molecule has 26 heavy (non-hydrogen) atoms. The van der Waals surface area contributed by atoms with Crippen LogP contribution < -0.4 is 5.32 Å². The summed E-state index contributed by atoms with van der Waals surface area (Å²) in [6, 6.07) is 3.80. The molecule has 7 nitrogen and oxygen atoms in total. The van der Waals surface area contributed by atoms with Crippen molar-refractivity contribution in [1.82, 2.24) is 14.2 Å². The zero-order valence-corrected chi connectivity index (χ0v) is 16.1. The van der Waals surface area contributed by atoms with Crippen LogP contribution in [0.1, 0.15) is 25.7 Å². The summed E-state index contributed by atoms with van der Waals surface area (Å²) in [7, 11) is -1.44. The van der Waals surface area contributed by atoms with Gasteiger partial charge in [0, 0.05) is 45.0 Å². The van der Waals surface area contributed by atoms with Crippen LogP contribution in [0.15, 0.2) is 23.2 Å². The molecule has 4 rings (SSSR count). The molecule has 1 saturated carbocycles. The lowest BCUT2D eigenvalue weighted by Crippen LogP contribution is -2.47. The second-order valence-corrected chi connectivity index (χ2v) is 9.64. The summed E-state index contributed by atoms with van der Waals surface area (Å²) in [4.78, 5) is 6.78. The van der Waals surface area contributed by atoms with E-state index in [1.807, 2.05) is 7.05 Å². The van der Waals surface area contributed by atoms with Crippen molar-refractivity contribution in [3.63, 3.8) is 0 Å². The molecular formula is C18H28N4O3S. The van der Waals surface area contributed by atoms with E-state index in [9.17, 15) is 8.42 Å². The number of likely N-dealkylation sites (N-methyl/N-ethyl adjacent to an activating group) is 1. The Balaban J connectivity index is 1.38. The summed E-state index contributed by atoms with van der Waals surface area (Å²) in [5, 5.41) is 3.45. The number of nitrogens with zero attached hydrogens (tertiary/aromatic N) is 3. The summed E-state index contributed by atoms with van der Waals surface area (Å²) >= 11 is 0. The van der Waals surface area contributed by atoms with Crippen molar-refractivity contribution < 1.29 is 13.2 Å². The first-order valence-electron chi connectivity index (χ1n) is 9.55. The standard InChI is InChI=1S/C18H28N4O3S/c1-21-7-9-22(10-8-21)26(23,24)16-4-5-18(19-13-16)20-15-6-11-25-17(12-15)14-2-3-14/h4-5,13-15,17H,2-3,6-12H2,1H3,(H,19,20). The van der Waals surface area contributed by atoms with Crippen LogP contribution in [0.4, 0.5) is 5.82 Å². The normalized spacial score (nSPS) is 28.8. The number of ether oxygens (including phenoxy) is 1. The Morgan fingerprint density at radius 3 is 2.58 bits per heavy atom. The Bertz CT molecular complexity index is 712. The molecule has 1 aromatic heterocycles. The summed E-state index contributed by atoms with van der Waals surface area (Å²) in [5.41, 5.74) is 0. The average Bonchev–Trinajstić information content (AvgIpc) is 3.48. The SMILES string of the molecule is CN1CCN(S(=O)(=O)c2ccc(NC3CCOC(C4CC4)C3)nc2)CC1. The predicted octanol–water partition coefficient (Wildman–Crippen LogP) is 1.39. The lowest BCUT2D eigenvalue weighted by molar-refractivity contribution is -0.00223. The number of pyridine rings is 1. The second-order valence-electron chi connectivity index (χ2n) is 7.70. The van der Waals surface area contributed by atoms with E-state index in [4.69, 9.17) is 4.74 Å². The third-order valence-electron chi connectivity index (χ3n) is 5.65. The van der Waals surface area contributed by atoms with E-state index >= 15 is 0 Å². The molecule has 2 saturated heterocycles. The highest BCUT2D eigenvalue weighted by atomic mass is 32.2. The lowest BCUT2D eigenvalue weighted by atomic mass is 10.00. The molecule has 1 N–H and O–H groups in total. The second kappa shape index (κ2) is 7.42. The molecule has 0 spiro atoms. The fraction of sp³-hybridized carbons (Fsp3) is 0.722. The maximum absolute atomic E-state index is 12.8. The summed E-state index contributed by atoms with van der Waals surface area (Å²) < 4.78 is 32.9. The highest BCUT2D eigenvalue weighted by Crippen LogP contribution is 2.38. The van der Waals surface area contributed by atoms with Crippen molar-refractivity contribution >= 4 is 15.8 Å². The summed E-state index contributed by atoms with van der Waals surface area (Å²) in [6.07, 6.45) is 6.40. The van der Waals surface area contributed by atoms with Crippen LogP contribution in [-0.2, 0) is 14.8 Å². The minimum absolute atomic E-state index is 0.274. The van der Waals surface area contributed by atoms with Gasteiger partial charge < -0.3 is 15.0 Å². The Morgan fingerprint density at radius 2 is 1.92 bits per heavy atom. The van der Waals surface area contributed by atoms with Gasteiger partial charge in [-0.2, -0.15) is 4.31 Å². The van der Waals surface area contributed by atoms with Crippen molar-refractivity contribution in [3.05, 3.63) is 18.3 Å². The molecule has 0 aromatic carbocycles. The third-order valence-corrected chi connectivity index (χ3v) is 7.53. The van der Waals surface area contributed by atoms with E-state index in [-0.39, 0.29) is 4.90 Å². The summed E-state index contributed by atoms with van der Waals surface area (Å²) in [6.45, 7) is 3.37. The number of hydrogen-bond donors (Lipinski definition) is 1. The van der Waals surface area contributed by atoms with Crippen molar-refractivity contribution in [2.45, 2.75) is 42.7 Å². The predicted molar refractivity (Wildman–Crippen MR) is 99.6 cm³/mol. The van der Waals surface area contributed by atoms with E-state index in [1.54, 1.807) is 16.4 Å². The van der Waals surface area contributed by atoms with Gasteiger partial charge in [0.25, 0.3) is 0 Å². The molecule has 0 amide bonds. The van der Waals surface area contributed by atoms with Gasteiger partial charge in [-0.25, -0.2) is 13.4 Å². The number of sulfonamides is 1. The zero-order chi connectivity index (χ0) is 18.1. The van der Waals surface area contributed by atoms with Gasteiger partial charge >= 0.3 is 0 Å². The van der Waals surface area contributed by atoms with Crippen LogP contribution in [-0.4, -0.2) is 74.6 Å². The average molecular weight is 381 g/mol. The third kappa shape index (κ3) is 4.03. The van der Waals surface area contributed by atoms with Crippen molar-refractivity contribution in [1.29, 1.82) is 0 Å². The number of anilines is 1. The number of rotatable bonds is 5. The van der Waals surface area contributed by atoms with E-state index in [0.29, 0.717) is 25.2 Å². The number of piperazine rings is 1. The molecule has 2 atom stereocenters. The Morgan fingerprint density at radius 1 is 1.15 bits per heavy atom. The quantitative estimate of drug-likeness (QED) is 0.832. The molecule has 0 bridgehead atoms. The van der Waals surface area contributed by atoms with Gasteiger partial charge in [0.15, 0.2) is 0 Å². The van der Waals surface area contributed by atoms with Crippen LogP contribution in [0.2, 0.25) is 0 Å². The molecule has 144 valence electrons. The minimum atomic E-state index is -3.45. The number of nitrogens with one attached hydrogen (secondary N) is 1. The molecule has 2 unspecified atom stereocenters. The first kappa shape index (κ1) is 18.2. The Kier molecular flexibility index (Phi) is 5.18. The highest BCUT2D eigenvalue weighted by molar-refractivity contribution is 7.89. The molecule has 1 aliphatic carbocycles. The summed E-state index contributed by atoms with van der Waals surface area (Å²) in [5.74, 6) is 1.48. The van der Waals surface area contributed by atoms with Gasteiger partial charge in [-0.1, -0.05) is 0 Å². The van der Waals surface area contributed by atoms with Crippen LogP contribution in [0.3, 0.4) is 0 Å². The van der Waals surface area contributed by atoms with Crippen molar-refractivity contribution in [3.8, 4) is 0 Å². The molecule has 1 aromatic rings. The molecule has 0 radical (unpaired) electrons. The van der Waals surface area contributed by atoms with E-state index in [0.717, 1.165) is 44.3 Å². The topological polar surface area (TPSA) is 74.8 Å². The van der Waals surface area contributed by atoms with E-state index in [2.05, 4.69) is 15.2 Å². The van der Waals surface area contributed by atoms with Crippen LogP contribution in [0.5, 0.6) is 0 Å². The molecule has 3 aliphatic rings. The maximum Gasteiger partial charge on any atom is 0.244 e. The fourth-order valence-electron chi connectivity index (χ4n) is 3.76. The van der Waals surface area contributed by atoms with E-state index < -0.39 is 10.0 Å². The van der Waals surface area contributed by atoms with Gasteiger partial charge in [0.2, 0.25) is 10.0 Å². The van der Waals surface area contributed by atoms with Crippen LogP contribution in [0, 0.1) is 5.92 Å². The minimum Gasteiger partial charge on any atom is -0.378 e. The van der Waals surface area contributed by atoms with Gasteiger partial charge in [-0.05, 0) is 50.8 Å². The van der Waals surface area contributed by atoms with Gasteiger partial charge in [-0.15, -0.1) is 0 Å². The first-order chi connectivity index (χ1) is 12.5. The van der Waals surface area contributed by atoms with Crippen molar-refractivity contribution in [2.75, 3.05) is 45.2 Å². The monoisotopic (exact) mass is 380 g/mol. The number of hydrogen-bond acceptors (Lipinski definition) is 6. The first-order valence-corrected chi connectivity index (χ1v) is 11.0. The van der Waals surface area contributed by atoms with Gasteiger partial charge in [0.1, 0.15) is 10.7 Å². The molecule has 2 aliphatic heterocycles. The van der Waals surface area contributed by atoms with Crippen LogP contribution in [0.25, 0.3) is 0 Å². The lowest BCUT2D eigenvalue weighted by Gasteiger charge is -2.31. The fourth-order valence-corrected chi connectivity index (χ4v) is 5.13. The maximum atomic E-state index is 12.8. The van der Waals surface area contributed by atoms with Crippen molar-refractivity contribution in [2.24, 2.45) is 5.92 Å². The molecule has 3 heterocycles. The van der Waals surface area contributed by atoms with Crippen LogP contribution >= 0.6 is 0 Å². The smallest absolute Gasteiger partial charge is 0.244 e. The van der Waals surface area contributed by atoms with E-state index in [1.165, 1.54) is 19.0 Å².